The largest absolute Gasteiger partial charge is 0.449 e. The predicted molar refractivity (Wildman–Crippen MR) is 95.4 cm³/mol. The third-order valence-corrected chi connectivity index (χ3v) is 3.99. The van der Waals surface area contributed by atoms with Crippen molar-refractivity contribution >= 4 is 29.2 Å². The van der Waals surface area contributed by atoms with Crippen LogP contribution in [-0.2, 0) is 14.3 Å². The van der Waals surface area contributed by atoms with E-state index in [2.05, 4.69) is 10.1 Å². The smallest absolute Gasteiger partial charge is 0.387 e. The number of nitrogens with zero attached hydrogens (tertiary/aromatic N) is 1. The molecule has 1 N–H and O–H groups in total. The molecule has 2 aromatic carbocycles. The third kappa shape index (κ3) is 4.08. The minimum Gasteiger partial charge on any atom is -0.449 e. The first-order valence-electron chi connectivity index (χ1n) is 8.32. The number of alkyl halides is 2. The minimum absolute atomic E-state index is 0.233. The van der Waals surface area contributed by atoms with Crippen molar-refractivity contribution < 1.29 is 32.6 Å². The molecule has 0 saturated heterocycles. The molecule has 1 atom stereocenters. The van der Waals surface area contributed by atoms with Gasteiger partial charge in [0.15, 0.2) is 6.10 Å². The number of carbonyl (C=O) groups excluding carboxylic acids is 3. The van der Waals surface area contributed by atoms with Gasteiger partial charge >= 0.3 is 12.6 Å². The summed E-state index contributed by atoms with van der Waals surface area (Å²) in [5.74, 6) is -2.36. The van der Waals surface area contributed by atoms with Crippen LogP contribution in [0.25, 0.3) is 0 Å². The summed E-state index contributed by atoms with van der Waals surface area (Å²) < 4.78 is 34.4. The van der Waals surface area contributed by atoms with Gasteiger partial charge in [0.1, 0.15) is 17.9 Å². The number of carbonyl (C=O) groups is 3. The fourth-order valence-corrected chi connectivity index (χ4v) is 2.76. The number of rotatable bonds is 5. The lowest BCUT2D eigenvalue weighted by atomic mass is 10.1. The third-order valence-electron chi connectivity index (χ3n) is 3.99. The van der Waals surface area contributed by atoms with Crippen LogP contribution in [0.5, 0.6) is 5.75 Å². The molecule has 0 spiro atoms. The van der Waals surface area contributed by atoms with Crippen molar-refractivity contribution in [3.63, 3.8) is 0 Å². The summed E-state index contributed by atoms with van der Waals surface area (Å²) >= 11 is 0. The van der Waals surface area contributed by atoms with Gasteiger partial charge in [-0.05, 0) is 31.2 Å². The Morgan fingerprint density at radius 2 is 1.79 bits per heavy atom. The molecule has 7 nitrogen and oxygen atoms in total. The number of anilines is 2. The Bertz CT molecular complexity index is 919. The topological polar surface area (TPSA) is 84.9 Å². The van der Waals surface area contributed by atoms with E-state index in [9.17, 15) is 23.2 Å². The minimum atomic E-state index is -3.11. The Balaban J connectivity index is 1.77. The molecule has 1 heterocycles. The van der Waals surface area contributed by atoms with Gasteiger partial charge < -0.3 is 14.8 Å². The van der Waals surface area contributed by atoms with Crippen molar-refractivity contribution in [3.8, 4) is 5.75 Å². The second kappa shape index (κ2) is 8.03. The molecule has 0 radical (unpaired) electrons. The Morgan fingerprint density at radius 3 is 2.54 bits per heavy atom. The van der Waals surface area contributed by atoms with Gasteiger partial charge in [0, 0.05) is 0 Å². The van der Waals surface area contributed by atoms with E-state index < -0.39 is 24.6 Å². The molecule has 146 valence electrons. The average Bonchev–Trinajstić information content (AvgIpc) is 2.66. The van der Waals surface area contributed by atoms with E-state index in [4.69, 9.17) is 4.74 Å². The SMILES string of the molecule is C[C@@H](OC(=O)c1ccccc1OC(F)F)C(=O)N1CC(=O)Nc2ccccc21. The number of esters is 1. The average molecular weight is 390 g/mol. The molecule has 28 heavy (non-hydrogen) atoms. The maximum atomic E-state index is 12.8. The molecule has 0 fully saturated rings. The molecule has 2 amide bonds. The zero-order chi connectivity index (χ0) is 20.3. The van der Waals surface area contributed by atoms with Crippen LogP contribution in [0.2, 0.25) is 0 Å². The van der Waals surface area contributed by atoms with Crippen molar-refractivity contribution in [1.82, 2.24) is 0 Å². The first kappa shape index (κ1) is 19.3. The van der Waals surface area contributed by atoms with Crippen LogP contribution in [0.1, 0.15) is 17.3 Å². The van der Waals surface area contributed by atoms with Crippen LogP contribution in [0.3, 0.4) is 0 Å². The highest BCUT2D eigenvalue weighted by atomic mass is 19.3. The second-order valence-corrected chi connectivity index (χ2v) is 5.91. The Kier molecular flexibility index (Phi) is 5.53. The molecule has 2 aromatic rings. The van der Waals surface area contributed by atoms with Crippen molar-refractivity contribution in [1.29, 1.82) is 0 Å². The summed E-state index contributed by atoms with van der Waals surface area (Å²) in [5.41, 5.74) is 0.692. The summed E-state index contributed by atoms with van der Waals surface area (Å²) in [6.07, 6.45) is -1.26. The fourth-order valence-electron chi connectivity index (χ4n) is 2.76. The number of fused-ring (bicyclic) bond motifs is 1. The van der Waals surface area contributed by atoms with E-state index in [1.54, 1.807) is 24.3 Å². The molecule has 0 aliphatic carbocycles. The van der Waals surface area contributed by atoms with E-state index in [1.807, 2.05) is 0 Å². The number of benzene rings is 2. The standard InChI is InChI=1S/C19H16F2N2O5/c1-11(27-18(26)12-6-2-5-9-15(12)28-19(20)21)17(25)23-10-16(24)22-13-7-3-4-8-14(13)23/h2-9,11,19H,10H2,1H3,(H,22,24)/t11-/m1/s1. The zero-order valence-electron chi connectivity index (χ0n) is 14.7. The second-order valence-electron chi connectivity index (χ2n) is 5.91. The van der Waals surface area contributed by atoms with Crippen LogP contribution in [0.4, 0.5) is 20.2 Å². The summed E-state index contributed by atoms with van der Waals surface area (Å²) in [6.45, 7) is -2.01. The van der Waals surface area contributed by atoms with Gasteiger partial charge in [-0.1, -0.05) is 24.3 Å². The van der Waals surface area contributed by atoms with Gasteiger partial charge in [-0.3, -0.25) is 14.5 Å². The van der Waals surface area contributed by atoms with Crippen molar-refractivity contribution in [2.24, 2.45) is 0 Å². The number of nitrogens with one attached hydrogen (secondary N) is 1. The molecule has 1 aliphatic rings. The first-order chi connectivity index (χ1) is 13.4. The van der Waals surface area contributed by atoms with E-state index in [0.29, 0.717) is 11.4 Å². The van der Waals surface area contributed by atoms with Crippen LogP contribution in [0.15, 0.2) is 48.5 Å². The molecule has 0 unspecified atom stereocenters. The zero-order valence-corrected chi connectivity index (χ0v) is 14.7. The van der Waals surface area contributed by atoms with E-state index in [1.165, 1.54) is 36.1 Å². The summed E-state index contributed by atoms with van der Waals surface area (Å²) in [6, 6.07) is 12.0. The quantitative estimate of drug-likeness (QED) is 0.794. The maximum absolute atomic E-state index is 12.8. The number of ether oxygens (including phenoxy) is 2. The van der Waals surface area contributed by atoms with Crippen molar-refractivity contribution in [2.45, 2.75) is 19.6 Å². The molecular weight excluding hydrogens is 374 g/mol. The fraction of sp³-hybridized carbons (Fsp3) is 0.211. The van der Waals surface area contributed by atoms with Gasteiger partial charge in [-0.2, -0.15) is 8.78 Å². The monoisotopic (exact) mass is 390 g/mol. The van der Waals surface area contributed by atoms with E-state index in [-0.39, 0.29) is 23.8 Å². The lowest BCUT2D eigenvalue weighted by Gasteiger charge is -2.30. The summed E-state index contributed by atoms with van der Waals surface area (Å²) in [5, 5.41) is 2.65. The molecule has 1 aliphatic heterocycles. The Morgan fingerprint density at radius 1 is 1.11 bits per heavy atom. The number of para-hydroxylation sites is 3. The van der Waals surface area contributed by atoms with Gasteiger partial charge in [0.25, 0.3) is 5.91 Å². The molecule has 0 bridgehead atoms. The highest BCUT2D eigenvalue weighted by Crippen LogP contribution is 2.30. The van der Waals surface area contributed by atoms with Gasteiger partial charge in [0.2, 0.25) is 5.91 Å². The predicted octanol–water partition coefficient (Wildman–Crippen LogP) is 2.82. The number of hydrogen-bond donors (Lipinski definition) is 1. The van der Waals surface area contributed by atoms with Gasteiger partial charge in [-0.15, -0.1) is 0 Å². The lowest BCUT2D eigenvalue weighted by Crippen LogP contribution is -2.47. The van der Waals surface area contributed by atoms with Gasteiger partial charge in [-0.25, -0.2) is 4.79 Å². The molecule has 9 heteroatoms. The van der Waals surface area contributed by atoms with Crippen molar-refractivity contribution in [3.05, 3.63) is 54.1 Å². The summed E-state index contributed by atoms with van der Waals surface area (Å²) in [7, 11) is 0. The normalized spacial score (nSPS) is 14.1. The lowest BCUT2D eigenvalue weighted by molar-refractivity contribution is -0.128. The van der Waals surface area contributed by atoms with Crippen LogP contribution < -0.4 is 15.0 Å². The molecule has 3 rings (SSSR count). The molecule has 0 aromatic heterocycles. The van der Waals surface area contributed by atoms with Gasteiger partial charge in [0.05, 0.1) is 11.4 Å². The van der Waals surface area contributed by atoms with E-state index in [0.717, 1.165) is 0 Å². The van der Waals surface area contributed by atoms with Crippen molar-refractivity contribution in [2.75, 3.05) is 16.8 Å². The number of hydrogen-bond acceptors (Lipinski definition) is 5. The Hall–Kier alpha value is -3.49. The van der Waals surface area contributed by atoms with Crippen LogP contribution >= 0.6 is 0 Å². The highest BCUT2D eigenvalue weighted by molar-refractivity contribution is 6.11. The van der Waals surface area contributed by atoms with Crippen LogP contribution in [-0.4, -0.2) is 37.0 Å². The number of amides is 2. The first-order valence-corrected chi connectivity index (χ1v) is 8.32. The van der Waals surface area contributed by atoms with E-state index >= 15 is 0 Å². The summed E-state index contributed by atoms with van der Waals surface area (Å²) in [4.78, 5) is 38.2. The Labute approximate surface area is 158 Å². The molecular formula is C19H16F2N2O5. The van der Waals surface area contributed by atoms with Crippen LogP contribution in [0, 0.1) is 0 Å². The number of halogens is 2. The maximum Gasteiger partial charge on any atom is 0.387 e. The molecule has 0 saturated carbocycles. The highest BCUT2D eigenvalue weighted by Gasteiger charge is 2.32.